The number of amidine groups is 1. The smallest absolute Gasteiger partial charge is 0.170 e. The molecule has 0 amide bonds. The van der Waals surface area contributed by atoms with Crippen LogP contribution in [0.3, 0.4) is 0 Å². The van der Waals surface area contributed by atoms with Crippen molar-refractivity contribution >= 4 is 5.84 Å². The first-order valence-corrected chi connectivity index (χ1v) is 6.87. The van der Waals surface area contributed by atoms with Crippen LogP contribution in [0, 0.1) is 5.92 Å². The van der Waals surface area contributed by atoms with E-state index in [9.17, 15) is 0 Å². The van der Waals surface area contributed by atoms with Gasteiger partial charge in [-0.15, -0.1) is 0 Å². The molecule has 1 aromatic rings. The van der Waals surface area contributed by atoms with Gasteiger partial charge in [0.1, 0.15) is 0 Å². The molecule has 1 rings (SSSR count). The Morgan fingerprint density at radius 3 is 2.68 bits per heavy atom. The van der Waals surface area contributed by atoms with Crippen molar-refractivity contribution < 1.29 is 5.21 Å². The van der Waals surface area contributed by atoms with Gasteiger partial charge in [0.15, 0.2) is 5.84 Å². The van der Waals surface area contributed by atoms with Crippen LogP contribution in [-0.2, 0) is 6.54 Å². The highest BCUT2D eigenvalue weighted by atomic mass is 16.4. The summed E-state index contributed by atoms with van der Waals surface area (Å²) in [6.45, 7) is 7.40. The van der Waals surface area contributed by atoms with E-state index in [1.165, 1.54) is 6.42 Å². The van der Waals surface area contributed by atoms with E-state index >= 15 is 0 Å². The Morgan fingerprint density at radius 1 is 1.37 bits per heavy atom. The van der Waals surface area contributed by atoms with E-state index in [0.29, 0.717) is 6.04 Å². The third-order valence-electron chi connectivity index (χ3n) is 3.49. The SMILES string of the molecule is CCC(C)CC(C)NCc1ccccc1C(N)=NO. The van der Waals surface area contributed by atoms with E-state index in [4.69, 9.17) is 10.9 Å². The van der Waals surface area contributed by atoms with E-state index < -0.39 is 0 Å². The van der Waals surface area contributed by atoms with Gasteiger partial charge in [0, 0.05) is 18.2 Å². The van der Waals surface area contributed by atoms with Gasteiger partial charge in [0.25, 0.3) is 0 Å². The molecule has 0 saturated carbocycles. The zero-order chi connectivity index (χ0) is 14.3. The summed E-state index contributed by atoms with van der Waals surface area (Å²) in [5.41, 5.74) is 7.51. The maximum absolute atomic E-state index is 8.78. The molecule has 106 valence electrons. The molecule has 0 radical (unpaired) electrons. The third-order valence-corrected chi connectivity index (χ3v) is 3.49. The Kier molecular flexibility index (Phi) is 6.36. The molecule has 0 heterocycles. The number of rotatable bonds is 7. The van der Waals surface area contributed by atoms with Gasteiger partial charge < -0.3 is 16.3 Å². The largest absolute Gasteiger partial charge is 0.409 e. The fourth-order valence-electron chi connectivity index (χ4n) is 2.12. The second-order valence-electron chi connectivity index (χ2n) is 5.17. The van der Waals surface area contributed by atoms with Crippen molar-refractivity contribution in [3.05, 3.63) is 35.4 Å². The molecule has 0 fully saturated rings. The van der Waals surface area contributed by atoms with Crippen LogP contribution in [0.15, 0.2) is 29.4 Å². The molecule has 4 N–H and O–H groups in total. The topological polar surface area (TPSA) is 70.6 Å². The standard InChI is InChI=1S/C15H25N3O/c1-4-11(2)9-12(3)17-10-13-7-5-6-8-14(13)15(16)18-19/h5-8,11-12,17,19H,4,9-10H2,1-3H3,(H2,16,18). The number of nitrogens with two attached hydrogens (primary N) is 1. The second-order valence-corrected chi connectivity index (χ2v) is 5.17. The summed E-state index contributed by atoms with van der Waals surface area (Å²) in [4.78, 5) is 0. The van der Waals surface area contributed by atoms with Crippen molar-refractivity contribution in [1.29, 1.82) is 0 Å². The molecule has 2 unspecified atom stereocenters. The van der Waals surface area contributed by atoms with Crippen molar-refractivity contribution in [2.24, 2.45) is 16.8 Å². The number of benzene rings is 1. The van der Waals surface area contributed by atoms with Gasteiger partial charge in [-0.25, -0.2) is 0 Å². The predicted octanol–water partition coefficient (Wildman–Crippen LogP) is 2.70. The molecule has 0 spiro atoms. The summed E-state index contributed by atoms with van der Waals surface area (Å²) in [6.07, 6.45) is 2.36. The minimum atomic E-state index is 0.159. The molecule has 2 atom stereocenters. The van der Waals surface area contributed by atoms with Crippen molar-refractivity contribution in [1.82, 2.24) is 5.32 Å². The molecule has 0 aliphatic carbocycles. The van der Waals surface area contributed by atoms with Gasteiger partial charge in [0.2, 0.25) is 0 Å². The van der Waals surface area contributed by atoms with Crippen LogP contribution in [0.1, 0.15) is 44.7 Å². The Balaban J connectivity index is 2.63. The van der Waals surface area contributed by atoms with Crippen molar-refractivity contribution in [2.45, 2.75) is 46.2 Å². The lowest BCUT2D eigenvalue weighted by Gasteiger charge is -2.18. The molecule has 0 aliphatic rings. The summed E-state index contributed by atoms with van der Waals surface area (Å²) in [7, 11) is 0. The molecule has 0 bridgehead atoms. The lowest BCUT2D eigenvalue weighted by molar-refractivity contribution is 0.318. The average Bonchev–Trinajstić information content (AvgIpc) is 2.44. The Morgan fingerprint density at radius 2 is 2.05 bits per heavy atom. The molecular weight excluding hydrogens is 238 g/mol. The summed E-state index contributed by atoms with van der Waals surface area (Å²) in [5, 5.41) is 15.3. The summed E-state index contributed by atoms with van der Waals surface area (Å²) in [5.74, 6) is 0.883. The Bertz CT molecular complexity index is 418. The lowest BCUT2D eigenvalue weighted by atomic mass is 10.00. The minimum Gasteiger partial charge on any atom is -0.409 e. The fourth-order valence-corrected chi connectivity index (χ4v) is 2.12. The zero-order valence-electron chi connectivity index (χ0n) is 12.1. The van der Waals surface area contributed by atoms with Crippen LogP contribution in [0.5, 0.6) is 0 Å². The predicted molar refractivity (Wildman–Crippen MR) is 79.3 cm³/mol. The maximum Gasteiger partial charge on any atom is 0.170 e. The molecule has 0 saturated heterocycles. The number of oxime groups is 1. The number of nitrogens with one attached hydrogen (secondary N) is 1. The summed E-state index contributed by atoms with van der Waals surface area (Å²) >= 11 is 0. The molecule has 0 aromatic heterocycles. The molecule has 19 heavy (non-hydrogen) atoms. The number of nitrogens with zero attached hydrogens (tertiary/aromatic N) is 1. The highest BCUT2D eigenvalue weighted by Gasteiger charge is 2.09. The lowest BCUT2D eigenvalue weighted by Crippen LogP contribution is -2.28. The van der Waals surface area contributed by atoms with Crippen LogP contribution in [0.25, 0.3) is 0 Å². The van der Waals surface area contributed by atoms with Crippen molar-refractivity contribution in [3.8, 4) is 0 Å². The van der Waals surface area contributed by atoms with Crippen molar-refractivity contribution in [2.75, 3.05) is 0 Å². The van der Waals surface area contributed by atoms with Gasteiger partial charge in [-0.3, -0.25) is 0 Å². The van der Waals surface area contributed by atoms with Gasteiger partial charge in [-0.2, -0.15) is 0 Å². The fraction of sp³-hybridized carbons (Fsp3) is 0.533. The average molecular weight is 263 g/mol. The highest BCUT2D eigenvalue weighted by Crippen LogP contribution is 2.12. The highest BCUT2D eigenvalue weighted by molar-refractivity contribution is 5.98. The number of hydrogen-bond donors (Lipinski definition) is 3. The number of hydrogen-bond acceptors (Lipinski definition) is 3. The van der Waals surface area contributed by atoms with E-state index in [2.05, 4.69) is 31.2 Å². The Hall–Kier alpha value is -1.55. The Labute approximate surface area is 115 Å². The van der Waals surface area contributed by atoms with Gasteiger partial charge in [-0.1, -0.05) is 49.7 Å². The van der Waals surface area contributed by atoms with Crippen LogP contribution in [0.2, 0.25) is 0 Å². The van der Waals surface area contributed by atoms with Gasteiger partial charge in [0.05, 0.1) is 0 Å². The normalized spacial score (nSPS) is 15.2. The molecule has 0 aliphatic heterocycles. The molecule has 4 nitrogen and oxygen atoms in total. The van der Waals surface area contributed by atoms with E-state index in [0.717, 1.165) is 30.0 Å². The zero-order valence-corrected chi connectivity index (χ0v) is 12.1. The monoisotopic (exact) mass is 263 g/mol. The van der Waals surface area contributed by atoms with Gasteiger partial charge >= 0.3 is 0 Å². The van der Waals surface area contributed by atoms with E-state index in [1.54, 1.807) is 0 Å². The van der Waals surface area contributed by atoms with E-state index in [-0.39, 0.29) is 5.84 Å². The van der Waals surface area contributed by atoms with E-state index in [1.807, 2.05) is 24.3 Å². The summed E-state index contributed by atoms with van der Waals surface area (Å²) in [6, 6.07) is 8.17. The first-order chi connectivity index (χ1) is 9.08. The van der Waals surface area contributed by atoms with Gasteiger partial charge in [-0.05, 0) is 24.8 Å². The van der Waals surface area contributed by atoms with Crippen LogP contribution < -0.4 is 11.1 Å². The summed E-state index contributed by atoms with van der Waals surface area (Å²) < 4.78 is 0. The van der Waals surface area contributed by atoms with Crippen molar-refractivity contribution in [3.63, 3.8) is 0 Å². The molecular formula is C15H25N3O. The quantitative estimate of drug-likeness (QED) is 0.306. The minimum absolute atomic E-state index is 0.159. The van der Waals surface area contributed by atoms with Crippen LogP contribution >= 0.6 is 0 Å². The first-order valence-electron chi connectivity index (χ1n) is 6.87. The first kappa shape index (κ1) is 15.5. The maximum atomic E-state index is 8.78. The molecule has 1 aromatic carbocycles. The third kappa shape index (κ3) is 4.91. The van der Waals surface area contributed by atoms with Crippen LogP contribution in [-0.4, -0.2) is 17.1 Å². The van der Waals surface area contributed by atoms with Crippen LogP contribution in [0.4, 0.5) is 0 Å². The molecule has 4 heteroatoms. The second kappa shape index (κ2) is 7.79.